The van der Waals surface area contributed by atoms with Gasteiger partial charge in [0.15, 0.2) is 0 Å². The highest BCUT2D eigenvalue weighted by Crippen LogP contribution is 2.24. The summed E-state index contributed by atoms with van der Waals surface area (Å²) in [5.74, 6) is -1.14. The molecule has 0 bridgehead atoms. The molecule has 1 aromatic carbocycles. The molecule has 0 radical (unpaired) electrons. The normalized spacial score (nSPS) is 14.4. The molecular formula is C11H9N3O6. The quantitative estimate of drug-likeness (QED) is 0.466. The Morgan fingerprint density at radius 3 is 2.05 bits per heavy atom. The summed E-state index contributed by atoms with van der Waals surface area (Å²) >= 11 is 0. The van der Waals surface area contributed by atoms with Crippen LogP contribution in [0.4, 0.5) is 11.4 Å². The summed E-state index contributed by atoms with van der Waals surface area (Å²) < 4.78 is 0. The summed E-state index contributed by atoms with van der Waals surface area (Å²) in [4.78, 5) is 44.3. The molecule has 0 aliphatic carbocycles. The minimum Gasteiger partial charge on any atom is -0.278 e. The molecule has 2 rings (SSSR count). The van der Waals surface area contributed by atoms with Crippen LogP contribution < -0.4 is 0 Å². The minimum absolute atomic E-state index is 0.216. The van der Waals surface area contributed by atoms with Crippen molar-refractivity contribution in [3.05, 3.63) is 44.0 Å². The number of rotatable bonds is 3. The average molecular weight is 279 g/mol. The number of nitro groups is 2. The van der Waals surface area contributed by atoms with Gasteiger partial charge in [0.1, 0.15) is 0 Å². The standard InChI is InChI=1S/C11H9N3O6/c15-10-2-1-3-12(10)11(16)7-4-8(13(17)18)6-9(5-7)14(19)20/h4-6H,1-3H2. The second kappa shape index (κ2) is 5.03. The summed E-state index contributed by atoms with van der Waals surface area (Å²) in [6, 6.07) is 2.63. The Morgan fingerprint density at radius 2 is 1.65 bits per heavy atom. The third kappa shape index (κ3) is 2.46. The first-order valence-electron chi connectivity index (χ1n) is 5.68. The van der Waals surface area contributed by atoms with E-state index in [9.17, 15) is 29.8 Å². The number of nitro benzene ring substituents is 2. The van der Waals surface area contributed by atoms with Crippen LogP contribution in [0.5, 0.6) is 0 Å². The van der Waals surface area contributed by atoms with Crippen molar-refractivity contribution < 1.29 is 19.4 Å². The van der Waals surface area contributed by atoms with Gasteiger partial charge in [-0.1, -0.05) is 0 Å². The Balaban J connectivity index is 2.44. The highest BCUT2D eigenvalue weighted by molar-refractivity contribution is 6.06. The number of carbonyl (C=O) groups excluding carboxylic acids is 2. The van der Waals surface area contributed by atoms with Crippen LogP contribution in [-0.2, 0) is 4.79 Å². The predicted octanol–water partition coefficient (Wildman–Crippen LogP) is 1.27. The lowest BCUT2D eigenvalue weighted by Gasteiger charge is -2.13. The highest BCUT2D eigenvalue weighted by Gasteiger charge is 2.29. The van der Waals surface area contributed by atoms with Crippen molar-refractivity contribution in [2.45, 2.75) is 12.8 Å². The fourth-order valence-corrected chi connectivity index (χ4v) is 1.95. The maximum atomic E-state index is 12.1. The zero-order chi connectivity index (χ0) is 14.9. The van der Waals surface area contributed by atoms with Crippen LogP contribution in [0, 0.1) is 20.2 Å². The molecule has 1 aliphatic heterocycles. The number of benzene rings is 1. The number of hydrogen-bond donors (Lipinski definition) is 0. The molecule has 104 valence electrons. The molecule has 1 fully saturated rings. The van der Waals surface area contributed by atoms with Crippen molar-refractivity contribution in [2.24, 2.45) is 0 Å². The van der Waals surface area contributed by atoms with Crippen LogP contribution in [0.25, 0.3) is 0 Å². The molecule has 0 saturated carbocycles. The first kappa shape index (κ1) is 13.6. The number of nitrogens with zero attached hydrogens (tertiary/aromatic N) is 3. The Labute approximate surface area is 112 Å². The van der Waals surface area contributed by atoms with Crippen LogP contribution in [0.15, 0.2) is 18.2 Å². The van der Waals surface area contributed by atoms with Gasteiger partial charge in [0.25, 0.3) is 17.3 Å². The molecule has 2 amide bonds. The maximum absolute atomic E-state index is 12.1. The van der Waals surface area contributed by atoms with Crippen molar-refractivity contribution in [1.82, 2.24) is 4.90 Å². The van der Waals surface area contributed by atoms with Gasteiger partial charge in [-0.05, 0) is 6.42 Å². The van der Waals surface area contributed by atoms with Gasteiger partial charge in [-0.25, -0.2) is 0 Å². The molecule has 0 aromatic heterocycles. The first-order valence-corrected chi connectivity index (χ1v) is 5.68. The zero-order valence-electron chi connectivity index (χ0n) is 10.1. The van der Waals surface area contributed by atoms with Gasteiger partial charge in [-0.15, -0.1) is 0 Å². The van der Waals surface area contributed by atoms with Gasteiger partial charge in [0.2, 0.25) is 5.91 Å². The summed E-state index contributed by atoms with van der Waals surface area (Å²) in [5.41, 5.74) is -1.36. The van der Waals surface area contributed by atoms with Crippen molar-refractivity contribution in [3.8, 4) is 0 Å². The Morgan fingerprint density at radius 1 is 1.10 bits per heavy atom. The van der Waals surface area contributed by atoms with E-state index in [4.69, 9.17) is 0 Å². The monoisotopic (exact) mass is 279 g/mol. The minimum atomic E-state index is -0.824. The third-order valence-corrected chi connectivity index (χ3v) is 2.89. The van der Waals surface area contributed by atoms with E-state index >= 15 is 0 Å². The lowest BCUT2D eigenvalue weighted by molar-refractivity contribution is -0.394. The van der Waals surface area contributed by atoms with Gasteiger partial charge in [-0.2, -0.15) is 0 Å². The van der Waals surface area contributed by atoms with Crippen LogP contribution in [0.1, 0.15) is 23.2 Å². The second-order valence-electron chi connectivity index (χ2n) is 4.21. The van der Waals surface area contributed by atoms with E-state index in [2.05, 4.69) is 0 Å². The number of carbonyl (C=O) groups is 2. The van der Waals surface area contributed by atoms with E-state index in [1.807, 2.05) is 0 Å². The summed E-state index contributed by atoms with van der Waals surface area (Å²) in [6.45, 7) is 0.216. The van der Waals surface area contributed by atoms with Crippen LogP contribution in [-0.4, -0.2) is 33.1 Å². The fourth-order valence-electron chi connectivity index (χ4n) is 1.95. The number of hydrogen-bond acceptors (Lipinski definition) is 6. The fraction of sp³-hybridized carbons (Fsp3) is 0.273. The maximum Gasteiger partial charge on any atom is 0.277 e. The van der Waals surface area contributed by atoms with E-state index in [1.165, 1.54) is 0 Å². The molecule has 1 aromatic rings. The molecule has 0 spiro atoms. The average Bonchev–Trinajstić information content (AvgIpc) is 2.83. The molecule has 1 aliphatic rings. The molecule has 0 unspecified atom stereocenters. The molecule has 1 saturated heterocycles. The van der Waals surface area contributed by atoms with Crippen LogP contribution >= 0.6 is 0 Å². The predicted molar refractivity (Wildman–Crippen MR) is 65.0 cm³/mol. The van der Waals surface area contributed by atoms with E-state index in [-0.39, 0.29) is 24.4 Å². The molecule has 9 heteroatoms. The number of imide groups is 1. The molecule has 9 nitrogen and oxygen atoms in total. The van der Waals surface area contributed by atoms with Gasteiger partial charge >= 0.3 is 0 Å². The smallest absolute Gasteiger partial charge is 0.277 e. The van der Waals surface area contributed by atoms with Crippen molar-refractivity contribution >= 4 is 23.2 Å². The van der Waals surface area contributed by atoms with E-state index in [1.54, 1.807) is 0 Å². The van der Waals surface area contributed by atoms with E-state index in [0.717, 1.165) is 23.1 Å². The Bertz CT molecular complexity index is 594. The van der Waals surface area contributed by atoms with Crippen molar-refractivity contribution in [3.63, 3.8) is 0 Å². The van der Waals surface area contributed by atoms with Crippen LogP contribution in [0.2, 0.25) is 0 Å². The molecule has 20 heavy (non-hydrogen) atoms. The summed E-state index contributed by atoms with van der Waals surface area (Å²) in [7, 11) is 0. The van der Waals surface area contributed by atoms with Crippen molar-refractivity contribution in [2.75, 3.05) is 6.54 Å². The van der Waals surface area contributed by atoms with Gasteiger partial charge < -0.3 is 0 Å². The molecule has 0 atom stereocenters. The SMILES string of the molecule is O=C1CCCN1C(=O)c1cc([N+](=O)[O-])cc([N+](=O)[O-])c1. The molecular weight excluding hydrogens is 270 g/mol. The highest BCUT2D eigenvalue weighted by atomic mass is 16.6. The molecule has 0 N–H and O–H groups in total. The number of likely N-dealkylation sites (tertiary alicyclic amines) is 1. The topological polar surface area (TPSA) is 124 Å². The largest absolute Gasteiger partial charge is 0.278 e. The van der Waals surface area contributed by atoms with E-state index < -0.39 is 27.1 Å². The van der Waals surface area contributed by atoms with Crippen LogP contribution in [0.3, 0.4) is 0 Å². The third-order valence-electron chi connectivity index (χ3n) is 2.89. The molecule has 1 heterocycles. The Kier molecular flexibility index (Phi) is 3.42. The first-order chi connectivity index (χ1) is 9.40. The second-order valence-corrected chi connectivity index (χ2v) is 4.21. The van der Waals surface area contributed by atoms with Gasteiger partial charge in [-0.3, -0.25) is 34.7 Å². The lowest BCUT2D eigenvalue weighted by atomic mass is 10.1. The summed E-state index contributed by atoms with van der Waals surface area (Å²) in [6.07, 6.45) is 0.740. The Hall–Kier alpha value is -2.84. The van der Waals surface area contributed by atoms with Gasteiger partial charge in [0.05, 0.1) is 21.5 Å². The number of amides is 2. The lowest BCUT2D eigenvalue weighted by Crippen LogP contribution is -2.31. The van der Waals surface area contributed by atoms with E-state index in [0.29, 0.717) is 6.42 Å². The van der Waals surface area contributed by atoms with Crippen molar-refractivity contribution in [1.29, 1.82) is 0 Å². The summed E-state index contributed by atoms with van der Waals surface area (Å²) in [5, 5.41) is 21.5. The van der Waals surface area contributed by atoms with Gasteiger partial charge in [0, 0.05) is 25.1 Å². The number of non-ortho nitro benzene ring substituents is 2. The zero-order valence-corrected chi connectivity index (χ0v) is 10.1.